The van der Waals surface area contributed by atoms with Crippen molar-refractivity contribution in [1.29, 1.82) is 0 Å². The first kappa shape index (κ1) is 24.2. The first-order chi connectivity index (χ1) is 15.5. The van der Waals surface area contributed by atoms with Crippen LogP contribution in [0, 0.1) is 0 Å². The summed E-state index contributed by atoms with van der Waals surface area (Å²) in [5.74, 6) is 0.991. The van der Waals surface area contributed by atoms with Gasteiger partial charge < -0.3 is 20.1 Å². The molecule has 2 N–H and O–H groups in total. The third kappa shape index (κ3) is 7.27. The highest BCUT2D eigenvalue weighted by atomic mass is 19.4. The van der Waals surface area contributed by atoms with Gasteiger partial charge in [-0.3, -0.25) is 0 Å². The van der Waals surface area contributed by atoms with Gasteiger partial charge >= 0.3 is 6.18 Å². The Morgan fingerprint density at radius 2 is 1.42 bits per heavy atom. The largest absolute Gasteiger partial charge is 0.494 e. The average molecular weight is 461 g/mol. The minimum atomic E-state index is -4.62. The first-order valence-corrected chi connectivity index (χ1v) is 10.5. The summed E-state index contributed by atoms with van der Waals surface area (Å²) in [4.78, 5) is 7.90. The minimum Gasteiger partial charge on any atom is -0.494 e. The molecule has 0 unspecified atom stereocenters. The smallest absolute Gasteiger partial charge is 0.421 e. The molecule has 176 valence electrons. The van der Waals surface area contributed by atoms with Crippen molar-refractivity contribution in [1.82, 2.24) is 9.97 Å². The van der Waals surface area contributed by atoms with Gasteiger partial charge in [0.2, 0.25) is 5.95 Å². The molecule has 0 saturated carbocycles. The van der Waals surface area contributed by atoms with E-state index in [2.05, 4.69) is 20.6 Å². The van der Waals surface area contributed by atoms with Gasteiger partial charge in [-0.2, -0.15) is 18.2 Å². The topological polar surface area (TPSA) is 68.3 Å². The maximum atomic E-state index is 13.5. The number of benzene rings is 2. The first-order valence-electron chi connectivity index (χ1n) is 10.5. The summed E-state index contributed by atoms with van der Waals surface area (Å²) in [6, 6.07) is 13.6. The molecule has 2 aromatic carbocycles. The van der Waals surface area contributed by atoms with Crippen molar-refractivity contribution in [3.63, 3.8) is 0 Å². The molecule has 0 aliphatic carbocycles. The molecule has 33 heavy (non-hydrogen) atoms. The Labute approximate surface area is 191 Å². The molecule has 0 bridgehead atoms. The van der Waals surface area contributed by atoms with Crippen LogP contribution in [-0.4, -0.2) is 22.2 Å². The lowest BCUT2D eigenvalue weighted by atomic mass is 10.2. The fourth-order valence-electron chi connectivity index (χ4n) is 2.82. The SMILES string of the molecule is CCCOc1ccc(Nc2ncc(C(F)(F)F)c(Nc3ccc(OC(C)(C)C)cc3)n2)cc1. The molecule has 0 spiro atoms. The van der Waals surface area contributed by atoms with Gasteiger partial charge in [0, 0.05) is 17.6 Å². The molecule has 1 heterocycles. The van der Waals surface area contributed by atoms with E-state index >= 15 is 0 Å². The number of hydrogen-bond acceptors (Lipinski definition) is 6. The summed E-state index contributed by atoms with van der Waals surface area (Å²) in [6.45, 7) is 8.35. The van der Waals surface area contributed by atoms with E-state index < -0.39 is 11.7 Å². The predicted molar refractivity (Wildman–Crippen MR) is 123 cm³/mol. The van der Waals surface area contributed by atoms with E-state index in [-0.39, 0.29) is 17.4 Å². The Morgan fingerprint density at radius 3 is 1.97 bits per heavy atom. The number of anilines is 4. The lowest BCUT2D eigenvalue weighted by Crippen LogP contribution is -2.22. The molecule has 3 aromatic rings. The van der Waals surface area contributed by atoms with Crippen LogP contribution in [0.15, 0.2) is 54.7 Å². The highest BCUT2D eigenvalue weighted by Gasteiger charge is 2.35. The molecule has 0 aliphatic rings. The van der Waals surface area contributed by atoms with Crippen molar-refractivity contribution in [3.8, 4) is 11.5 Å². The Bertz CT molecular complexity index is 1050. The Balaban J connectivity index is 1.80. The number of nitrogens with zero attached hydrogens (tertiary/aromatic N) is 2. The number of alkyl halides is 3. The Kier molecular flexibility index (Phi) is 7.30. The standard InChI is InChI=1S/C24H27F3N4O2/c1-5-14-32-18-10-6-17(7-11-18)30-22-28-15-20(24(25,26)27)21(31-22)29-16-8-12-19(13-9-16)33-23(2,3)4/h6-13,15H,5,14H2,1-4H3,(H2,28,29,30,31). The van der Waals surface area contributed by atoms with Gasteiger partial charge in [-0.15, -0.1) is 0 Å². The van der Waals surface area contributed by atoms with E-state index in [0.717, 1.165) is 12.6 Å². The van der Waals surface area contributed by atoms with Gasteiger partial charge in [0.05, 0.1) is 6.61 Å². The van der Waals surface area contributed by atoms with Crippen LogP contribution in [0.3, 0.4) is 0 Å². The summed E-state index contributed by atoms with van der Waals surface area (Å²) in [7, 11) is 0. The van der Waals surface area contributed by atoms with Crippen molar-refractivity contribution in [2.75, 3.05) is 17.2 Å². The zero-order chi connectivity index (χ0) is 24.1. The molecule has 0 radical (unpaired) electrons. The third-order valence-electron chi connectivity index (χ3n) is 4.22. The van der Waals surface area contributed by atoms with Crippen LogP contribution in [0.25, 0.3) is 0 Å². The summed E-state index contributed by atoms with van der Waals surface area (Å²) >= 11 is 0. The Hall–Kier alpha value is -3.49. The molecular weight excluding hydrogens is 433 g/mol. The minimum absolute atomic E-state index is 0.0282. The van der Waals surface area contributed by atoms with Crippen LogP contribution in [0.2, 0.25) is 0 Å². The summed E-state index contributed by atoms with van der Waals surface area (Å²) < 4.78 is 51.9. The zero-order valence-electron chi connectivity index (χ0n) is 19.0. The van der Waals surface area contributed by atoms with Crippen molar-refractivity contribution < 1.29 is 22.6 Å². The molecule has 3 rings (SSSR count). The normalized spacial score (nSPS) is 11.7. The van der Waals surface area contributed by atoms with Crippen molar-refractivity contribution in [2.24, 2.45) is 0 Å². The van der Waals surface area contributed by atoms with E-state index in [0.29, 0.717) is 29.5 Å². The van der Waals surface area contributed by atoms with Gasteiger partial charge in [0.1, 0.15) is 28.5 Å². The number of hydrogen-bond donors (Lipinski definition) is 2. The molecule has 0 saturated heterocycles. The molecular formula is C24H27F3N4O2. The van der Waals surface area contributed by atoms with Gasteiger partial charge in [0.15, 0.2) is 0 Å². The highest BCUT2D eigenvalue weighted by molar-refractivity contribution is 5.63. The van der Waals surface area contributed by atoms with Crippen LogP contribution in [0.5, 0.6) is 11.5 Å². The molecule has 1 aromatic heterocycles. The predicted octanol–water partition coefficient (Wildman–Crippen LogP) is 6.95. The molecule has 6 nitrogen and oxygen atoms in total. The Morgan fingerprint density at radius 1 is 0.848 bits per heavy atom. The van der Waals surface area contributed by atoms with Gasteiger partial charge in [-0.25, -0.2) is 4.98 Å². The van der Waals surface area contributed by atoms with Crippen LogP contribution in [-0.2, 0) is 6.18 Å². The van der Waals surface area contributed by atoms with E-state index in [1.807, 2.05) is 27.7 Å². The van der Waals surface area contributed by atoms with E-state index in [1.165, 1.54) is 0 Å². The second kappa shape index (κ2) is 9.97. The fraction of sp³-hybridized carbons (Fsp3) is 0.333. The molecule has 0 aliphatic heterocycles. The van der Waals surface area contributed by atoms with Crippen molar-refractivity contribution in [3.05, 3.63) is 60.3 Å². The van der Waals surface area contributed by atoms with Crippen LogP contribution < -0.4 is 20.1 Å². The highest BCUT2D eigenvalue weighted by Crippen LogP contribution is 2.35. The maximum absolute atomic E-state index is 13.5. The third-order valence-corrected chi connectivity index (χ3v) is 4.22. The van der Waals surface area contributed by atoms with E-state index in [4.69, 9.17) is 9.47 Å². The molecule has 0 amide bonds. The molecule has 0 fully saturated rings. The quantitative estimate of drug-likeness (QED) is 0.379. The average Bonchev–Trinajstić information content (AvgIpc) is 2.73. The molecule has 9 heteroatoms. The lowest BCUT2D eigenvalue weighted by Gasteiger charge is -2.21. The lowest BCUT2D eigenvalue weighted by molar-refractivity contribution is -0.137. The number of nitrogens with one attached hydrogen (secondary N) is 2. The maximum Gasteiger partial charge on any atom is 0.421 e. The van der Waals surface area contributed by atoms with Gasteiger partial charge in [-0.05, 0) is 75.7 Å². The second-order valence-electron chi connectivity index (χ2n) is 8.32. The zero-order valence-corrected chi connectivity index (χ0v) is 19.0. The summed E-state index contributed by atoms with van der Waals surface area (Å²) in [5, 5.41) is 5.66. The van der Waals surface area contributed by atoms with Crippen LogP contribution in [0.1, 0.15) is 39.7 Å². The summed E-state index contributed by atoms with van der Waals surface area (Å²) in [5.41, 5.74) is -0.296. The number of aromatic nitrogens is 2. The monoisotopic (exact) mass is 460 g/mol. The van der Waals surface area contributed by atoms with Crippen molar-refractivity contribution >= 4 is 23.1 Å². The molecule has 0 atom stereocenters. The van der Waals surface area contributed by atoms with E-state index in [1.54, 1.807) is 48.5 Å². The van der Waals surface area contributed by atoms with Gasteiger partial charge in [0.25, 0.3) is 0 Å². The fourth-order valence-corrected chi connectivity index (χ4v) is 2.82. The number of rotatable bonds is 8. The number of halogens is 3. The van der Waals surface area contributed by atoms with Crippen molar-refractivity contribution in [2.45, 2.75) is 45.9 Å². The van der Waals surface area contributed by atoms with Gasteiger partial charge in [-0.1, -0.05) is 6.92 Å². The van der Waals surface area contributed by atoms with Crippen LogP contribution in [0.4, 0.5) is 36.3 Å². The number of ether oxygens (including phenoxy) is 2. The summed E-state index contributed by atoms with van der Waals surface area (Å²) in [6.07, 6.45) is -2.97. The van der Waals surface area contributed by atoms with Crippen LogP contribution >= 0.6 is 0 Å². The van der Waals surface area contributed by atoms with E-state index in [9.17, 15) is 13.2 Å². The second-order valence-corrected chi connectivity index (χ2v) is 8.32.